The summed E-state index contributed by atoms with van der Waals surface area (Å²) in [4.78, 5) is 61.4. The van der Waals surface area contributed by atoms with Crippen LogP contribution in [0, 0.1) is 0 Å². The van der Waals surface area contributed by atoms with Gasteiger partial charge >= 0.3 is 29.2 Å². The second kappa shape index (κ2) is 10.2. The molecule has 2 unspecified atom stereocenters. The number of aryl methyl sites for hydroxylation is 1. The molecule has 1 fully saturated rings. The van der Waals surface area contributed by atoms with Gasteiger partial charge in [-0.05, 0) is 6.42 Å². The predicted octanol–water partition coefficient (Wildman–Crippen LogP) is -0.534. The summed E-state index contributed by atoms with van der Waals surface area (Å²) in [6.45, 7) is -0.881. The Balaban J connectivity index is 2.06. The minimum atomic E-state index is -5.68. The minimum Gasteiger partial charge on any atom is -0.390 e. The van der Waals surface area contributed by atoms with E-state index in [1.54, 1.807) is 0 Å². The van der Waals surface area contributed by atoms with Gasteiger partial charge in [0, 0.05) is 23.5 Å². The number of nitrogens with one attached hydrogen (secondary N) is 1. The van der Waals surface area contributed by atoms with Crippen molar-refractivity contribution in [2.24, 2.45) is 0 Å². The first-order chi connectivity index (χ1) is 14.1. The molecule has 0 aromatic carbocycles. The maximum atomic E-state index is 12.0. The van der Waals surface area contributed by atoms with Gasteiger partial charge in [0.05, 0.1) is 12.7 Å². The highest BCUT2D eigenvalue weighted by Gasteiger charge is 2.43. The molecular formula is C11H18BrN2O14P3. The van der Waals surface area contributed by atoms with E-state index in [1.807, 2.05) is 0 Å². The average Bonchev–Trinajstić information content (AvgIpc) is 2.93. The molecule has 5 atom stereocenters. The number of phosphoric ester groups is 1. The third-order valence-electron chi connectivity index (χ3n) is 3.74. The number of alkyl halides is 1. The zero-order valence-electron chi connectivity index (χ0n) is 15.2. The van der Waals surface area contributed by atoms with Crippen LogP contribution in [0.15, 0.2) is 15.8 Å². The van der Waals surface area contributed by atoms with Crippen LogP contribution in [-0.2, 0) is 38.0 Å². The number of aromatic amines is 1. The van der Waals surface area contributed by atoms with Crippen LogP contribution in [-0.4, -0.2) is 58.4 Å². The molecule has 0 amide bonds. The first kappa shape index (κ1) is 26.7. The lowest BCUT2D eigenvalue weighted by molar-refractivity contribution is -0.0450. The van der Waals surface area contributed by atoms with Crippen molar-refractivity contribution in [2.75, 3.05) is 11.9 Å². The van der Waals surface area contributed by atoms with Gasteiger partial charge in [-0.1, -0.05) is 15.9 Å². The van der Waals surface area contributed by atoms with Crippen LogP contribution < -0.4 is 11.2 Å². The summed E-state index contributed by atoms with van der Waals surface area (Å²) in [6, 6.07) is 0. The summed E-state index contributed by atoms with van der Waals surface area (Å²) in [5.41, 5.74) is -1.16. The summed E-state index contributed by atoms with van der Waals surface area (Å²) < 4.78 is 51.6. The van der Waals surface area contributed by atoms with E-state index in [9.17, 15) is 33.3 Å². The normalized spacial score (nSPS) is 25.8. The minimum absolute atomic E-state index is 0.176. The molecule has 0 spiro atoms. The smallest absolute Gasteiger partial charge is 0.390 e. The second-order valence-electron chi connectivity index (χ2n) is 6.08. The Morgan fingerprint density at radius 2 is 1.81 bits per heavy atom. The van der Waals surface area contributed by atoms with Crippen LogP contribution >= 0.6 is 39.4 Å². The van der Waals surface area contributed by atoms with Crippen molar-refractivity contribution in [1.29, 1.82) is 0 Å². The van der Waals surface area contributed by atoms with Gasteiger partial charge in [0.1, 0.15) is 12.3 Å². The lowest BCUT2D eigenvalue weighted by atomic mass is 10.2. The topological polar surface area (TPSA) is 244 Å². The van der Waals surface area contributed by atoms with Gasteiger partial charge in [-0.2, -0.15) is 8.62 Å². The van der Waals surface area contributed by atoms with E-state index in [4.69, 9.17) is 19.4 Å². The third-order valence-corrected chi connectivity index (χ3v) is 7.94. The van der Waals surface area contributed by atoms with Crippen molar-refractivity contribution in [1.82, 2.24) is 9.55 Å². The van der Waals surface area contributed by atoms with E-state index in [2.05, 4.69) is 34.1 Å². The molecule has 0 bridgehead atoms. The van der Waals surface area contributed by atoms with Crippen molar-refractivity contribution >= 4 is 39.4 Å². The zero-order chi connectivity index (χ0) is 23.6. The highest BCUT2D eigenvalue weighted by Crippen LogP contribution is 2.66. The summed E-state index contributed by atoms with van der Waals surface area (Å²) in [5, 5.41) is 10.5. The molecule has 1 aromatic heterocycles. The Labute approximate surface area is 181 Å². The highest BCUT2D eigenvalue weighted by atomic mass is 79.9. The van der Waals surface area contributed by atoms with Gasteiger partial charge in [-0.15, -0.1) is 0 Å². The van der Waals surface area contributed by atoms with Crippen LogP contribution in [0.4, 0.5) is 0 Å². The fourth-order valence-electron chi connectivity index (χ4n) is 2.53. The number of aliphatic hydroxyl groups is 1. The molecule has 1 aliphatic rings. The SMILES string of the molecule is O=c1[nH]c(=O)n([C@H]2C[C@@H](O)[C@@H](COP(=O)(O)OP(=O)(O)OP(=O)(O)O)O2)cc1CCBr. The molecule has 2 rings (SSSR count). The molecule has 1 aliphatic heterocycles. The van der Waals surface area contributed by atoms with Gasteiger partial charge in [0.25, 0.3) is 5.56 Å². The number of aromatic nitrogens is 2. The third kappa shape index (κ3) is 8.09. The van der Waals surface area contributed by atoms with Crippen LogP contribution in [0.3, 0.4) is 0 Å². The molecule has 2 heterocycles. The van der Waals surface area contributed by atoms with Gasteiger partial charge in [-0.25, -0.2) is 18.5 Å². The monoisotopic (exact) mass is 574 g/mol. The van der Waals surface area contributed by atoms with Crippen LogP contribution in [0.5, 0.6) is 0 Å². The van der Waals surface area contributed by atoms with Gasteiger partial charge in [0.2, 0.25) is 0 Å². The Bertz CT molecular complexity index is 1050. The Morgan fingerprint density at radius 1 is 1.16 bits per heavy atom. The molecule has 31 heavy (non-hydrogen) atoms. The average molecular weight is 575 g/mol. The Kier molecular flexibility index (Phi) is 8.78. The van der Waals surface area contributed by atoms with Crippen molar-refractivity contribution in [3.63, 3.8) is 0 Å². The molecule has 6 N–H and O–H groups in total. The van der Waals surface area contributed by atoms with Crippen molar-refractivity contribution in [3.8, 4) is 0 Å². The molecule has 0 radical (unpaired) electrons. The molecule has 0 aliphatic carbocycles. The summed E-state index contributed by atoms with van der Waals surface area (Å²) in [6.07, 6.45) is -2.36. The van der Waals surface area contributed by atoms with Crippen LogP contribution in [0.2, 0.25) is 0 Å². The van der Waals surface area contributed by atoms with Crippen molar-refractivity contribution in [3.05, 3.63) is 32.6 Å². The number of hydrogen-bond acceptors (Lipinski definition) is 10. The number of phosphoric acid groups is 3. The van der Waals surface area contributed by atoms with E-state index < -0.39 is 59.8 Å². The second-order valence-corrected chi connectivity index (χ2v) is 11.3. The standard InChI is InChI=1S/C11H18BrN2O14P3/c12-2-1-6-4-14(11(17)13-10(6)16)9-3-7(15)8(26-9)5-25-30(21,22)28-31(23,24)27-29(18,19)20/h4,7-9,15H,1-3,5H2,(H,21,22)(H,23,24)(H,13,16,17)(H2,18,19,20)/t7-,8-,9-/m1/s1. The van der Waals surface area contributed by atoms with E-state index in [-0.39, 0.29) is 12.0 Å². The maximum Gasteiger partial charge on any atom is 0.490 e. The van der Waals surface area contributed by atoms with Crippen LogP contribution in [0.25, 0.3) is 0 Å². The molecular weight excluding hydrogens is 557 g/mol. The number of hydrogen-bond donors (Lipinski definition) is 6. The lowest BCUT2D eigenvalue weighted by Gasteiger charge is -2.19. The van der Waals surface area contributed by atoms with E-state index in [1.165, 1.54) is 6.20 Å². The molecule has 20 heteroatoms. The Morgan fingerprint density at radius 3 is 2.39 bits per heavy atom. The number of rotatable bonds is 10. The van der Waals surface area contributed by atoms with Crippen molar-refractivity contribution < 1.29 is 56.3 Å². The molecule has 1 aromatic rings. The maximum absolute atomic E-state index is 12.0. The Hall–Kier alpha value is -0.510. The summed E-state index contributed by atoms with van der Waals surface area (Å²) in [7, 11) is -16.6. The fraction of sp³-hybridized carbons (Fsp3) is 0.636. The number of H-pyrrole nitrogens is 1. The quantitative estimate of drug-likeness (QED) is 0.152. The summed E-state index contributed by atoms with van der Waals surface area (Å²) >= 11 is 3.16. The first-order valence-corrected chi connectivity index (χ1v) is 13.8. The summed E-state index contributed by atoms with van der Waals surface area (Å²) in [5.74, 6) is 0. The number of halogens is 1. The highest BCUT2D eigenvalue weighted by molar-refractivity contribution is 9.09. The van der Waals surface area contributed by atoms with Crippen LogP contribution in [0.1, 0.15) is 18.2 Å². The number of nitrogens with zero attached hydrogens (tertiary/aromatic N) is 1. The van der Waals surface area contributed by atoms with E-state index in [0.717, 1.165) is 4.57 Å². The van der Waals surface area contributed by atoms with Gasteiger partial charge in [-0.3, -0.25) is 18.9 Å². The molecule has 0 saturated carbocycles. The van der Waals surface area contributed by atoms with E-state index in [0.29, 0.717) is 11.8 Å². The fourth-order valence-corrected chi connectivity index (χ4v) is 5.98. The zero-order valence-corrected chi connectivity index (χ0v) is 19.5. The van der Waals surface area contributed by atoms with Gasteiger partial charge < -0.3 is 29.4 Å². The van der Waals surface area contributed by atoms with E-state index >= 15 is 0 Å². The predicted molar refractivity (Wildman–Crippen MR) is 103 cm³/mol. The number of ether oxygens (including phenoxy) is 1. The first-order valence-electron chi connectivity index (χ1n) is 8.14. The molecule has 178 valence electrons. The number of aliphatic hydroxyl groups excluding tert-OH is 1. The molecule has 16 nitrogen and oxygen atoms in total. The van der Waals surface area contributed by atoms with Gasteiger partial charge in [0.15, 0.2) is 0 Å². The molecule has 1 saturated heterocycles. The van der Waals surface area contributed by atoms with Crippen molar-refractivity contribution in [2.45, 2.75) is 31.3 Å². The lowest BCUT2D eigenvalue weighted by Crippen LogP contribution is -2.34. The largest absolute Gasteiger partial charge is 0.490 e.